The van der Waals surface area contributed by atoms with Gasteiger partial charge in [0.1, 0.15) is 0 Å². The minimum atomic E-state index is 0.682. The van der Waals surface area contributed by atoms with Crippen LogP contribution >= 0.6 is 0 Å². The van der Waals surface area contributed by atoms with Crippen molar-refractivity contribution in [1.82, 2.24) is 9.88 Å². The number of piperidine rings is 1. The zero-order valence-corrected chi connectivity index (χ0v) is 12.6. The summed E-state index contributed by atoms with van der Waals surface area (Å²) in [6, 6.07) is 9.63. The average molecular weight is 270 g/mol. The highest BCUT2D eigenvalue weighted by Crippen LogP contribution is 2.29. The van der Waals surface area contributed by atoms with E-state index in [9.17, 15) is 0 Å². The Morgan fingerprint density at radius 1 is 1.15 bits per heavy atom. The maximum absolute atomic E-state index is 3.47. The number of unbranched alkanes of at least 4 members (excludes halogenated alkanes) is 2. The number of aromatic nitrogens is 1. The van der Waals surface area contributed by atoms with Crippen molar-refractivity contribution in [2.75, 3.05) is 13.1 Å². The van der Waals surface area contributed by atoms with Gasteiger partial charge in [-0.2, -0.15) is 0 Å². The van der Waals surface area contributed by atoms with Crippen LogP contribution in [0, 0.1) is 0 Å². The molecular weight excluding hydrogens is 244 g/mol. The van der Waals surface area contributed by atoms with Crippen LogP contribution in [0.25, 0.3) is 10.9 Å². The second-order valence-corrected chi connectivity index (χ2v) is 6.02. The van der Waals surface area contributed by atoms with Gasteiger partial charge in [-0.25, -0.2) is 0 Å². The molecule has 1 fully saturated rings. The van der Waals surface area contributed by atoms with Gasteiger partial charge in [-0.15, -0.1) is 0 Å². The van der Waals surface area contributed by atoms with Crippen molar-refractivity contribution in [2.45, 2.75) is 51.5 Å². The second-order valence-electron chi connectivity index (χ2n) is 6.02. The maximum Gasteiger partial charge on any atom is 0.0485 e. The summed E-state index contributed by atoms with van der Waals surface area (Å²) >= 11 is 0. The summed E-state index contributed by atoms with van der Waals surface area (Å²) in [4.78, 5) is 0. The van der Waals surface area contributed by atoms with Gasteiger partial charge in [-0.1, -0.05) is 38.0 Å². The zero-order valence-electron chi connectivity index (χ0n) is 12.6. The van der Waals surface area contributed by atoms with E-state index in [0.29, 0.717) is 6.04 Å². The number of fused-ring (bicyclic) bond motifs is 1. The minimum absolute atomic E-state index is 0.682. The molecule has 0 unspecified atom stereocenters. The number of para-hydroxylation sites is 1. The number of rotatable bonds is 5. The first-order chi connectivity index (χ1) is 9.90. The first-order valence-corrected chi connectivity index (χ1v) is 8.19. The van der Waals surface area contributed by atoms with Gasteiger partial charge in [0, 0.05) is 23.1 Å². The van der Waals surface area contributed by atoms with Crippen LogP contribution in [0.15, 0.2) is 30.5 Å². The third-order valence-corrected chi connectivity index (χ3v) is 4.57. The summed E-state index contributed by atoms with van der Waals surface area (Å²) in [5.74, 6) is 0. The lowest BCUT2D eigenvalue weighted by Gasteiger charge is -2.25. The van der Waals surface area contributed by atoms with Gasteiger partial charge in [0.05, 0.1) is 0 Å². The summed E-state index contributed by atoms with van der Waals surface area (Å²) in [7, 11) is 0. The van der Waals surface area contributed by atoms with Crippen LogP contribution in [-0.2, 0) is 6.42 Å². The first kappa shape index (κ1) is 13.7. The van der Waals surface area contributed by atoms with Gasteiger partial charge >= 0.3 is 0 Å². The number of nitrogens with one attached hydrogen (secondary N) is 1. The Labute approximate surface area is 122 Å². The van der Waals surface area contributed by atoms with Gasteiger partial charge in [0.25, 0.3) is 0 Å². The third-order valence-electron chi connectivity index (χ3n) is 4.57. The van der Waals surface area contributed by atoms with Crippen LogP contribution in [0.2, 0.25) is 0 Å². The van der Waals surface area contributed by atoms with E-state index in [1.54, 1.807) is 5.56 Å². The predicted molar refractivity (Wildman–Crippen MR) is 86.3 cm³/mol. The number of hydrogen-bond donors (Lipinski definition) is 1. The lowest BCUT2D eigenvalue weighted by atomic mass is 10.1. The minimum Gasteiger partial charge on any atom is -0.344 e. The second kappa shape index (κ2) is 6.45. The molecule has 0 spiro atoms. The number of benzene rings is 1. The molecule has 20 heavy (non-hydrogen) atoms. The summed E-state index contributed by atoms with van der Waals surface area (Å²) in [6.07, 6.45) is 10.1. The van der Waals surface area contributed by atoms with Crippen LogP contribution in [0.5, 0.6) is 0 Å². The normalized spacial score (nSPS) is 16.9. The summed E-state index contributed by atoms with van der Waals surface area (Å²) < 4.78 is 2.55. The predicted octanol–water partition coefficient (Wildman–Crippen LogP) is 4.30. The molecule has 1 aliphatic heterocycles. The van der Waals surface area contributed by atoms with E-state index in [0.717, 1.165) is 13.1 Å². The maximum atomic E-state index is 3.47. The van der Waals surface area contributed by atoms with Gasteiger partial charge in [0.2, 0.25) is 0 Å². The molecule has 1 saturated heterocycles. The van der Waals surface area contributed by atoms with E-state index in [2.05, 4.69) is 47.3 Å². The lowest BCUT2D eigenvalue weighted by Crippen LogP contribution is -2.29. The van der Waals surface area contributed by atoms with E-state index in [4.69, 9.17) is 0 Å². The summed E-state index contributed by atoms with van der Waals surface area (Å²) in [5.41, 5.74) is 2.98. The molecule has 0 aliphatic carbocycles. The Kier molecular flexibility index (Phi) is 4.41. The smallest absolute Gasteiger partial charge is 0.0485 e. The van der Waals surface area contributed by atoms with Crippen molar-refractivity contribution < 1.29 is 0 Å². The molecule has 0 atom stereocenters. The molecule has 2 heterocycles. The molecule has 3 rings (SSSR count). The van der Waals surface area contributed by atoms with Crippen molar-refractivity contribution in [3.8, 4) is 0 Å². The van der Waals surface area contributed by atoms with Crippen molar-refractivity contribution in [3.05, 3.63) is 36.0 Å². The first-order valence-electron chi connectivity index (χ1n) is 8.19. The van der Waals surface area contributed by atoms with Crippen LogP contribution in [0.1, 0.15) is 50.6 Å². The Hall–Kier alpha value is -1.28. The Morgan fingerprint density at radius 2 is 1.95 bits per heavy atom. The third kappa shape index (κ3) is 2.76. The molecule has 2 aromatic rings. The van der Waals surface area contributed by atoms with Crippen LogP contribution in [-0.4, -0.2) is 17.7 Å². The molecule has 0 amide bonds. The van der Waals surface area contributed by atoms with Gasteiger partial charge in [-0.3, -0.25) is 0 Å². The molecule has 1 aliphatic rings. The SMILES string of the molecule is CCCCCc1cn(C2CCNCC2)c2ccccc12. The van der Waals surface area contributed by atoms with E-state index < -0.39 is 0 Å². The van der Waals surface area contributed by atoms with Gasteiger partial charge in [-0.05, 0) is 50.4 Å². The van der Waals surface area contributed by atoms with Gasteiger partial charge in [0.15, 0.2) is 0 Å². The van der Waals surface area contributed by atoms with E-state index >= 15 is 0 Å². The highest BCUT2D eigenvalue weighted by atomic mass is 15.0. The Morgan fingerprint density at radius 3 is 2.75 bits per heavy atom. The fraction of sp³-hybridized carbons (Fsp3) is 0.556. The monoisotopic (exact) mass is 270 g/mol. The van der Waals surface area contributed by atoms with Crippen LogP contribution < -0.4 is 5.32 Å². The largest absolute Gasteiger partial charge is 0.344 e. The number of nitrogens with zero attached hydrogens (tertiary/aromatic N) is 1. The molecule has 0 radical (unpaired) electrons. The van der Waals surface area contributed by atoms with Crippen molar-refractivity contribution in [1.29, 1.82) is 0 Å². The highest BCUT2D eigenvalue weighted by molar-refractivity contribution is 5.84. The Bertz CT molecular complexity index is 550. The van der Waals surface area contributed by atoms with E-state index in [-0.39, 0.29) is 0 Å². The molecule has 0 bridgehead atoms. The van der Waals surface area contributed by atoms with Crippen LogP contribution in [0.3, 0.4) is 0 Å². The molecule has 2 heteroatoms. The summed E-state index contributed by atoms with van der Waals surface area (Å²) in [5, 5.41) is 4.94. The molecule has 1 N–H and O–H groups in total. The fourth-order valence-corrected chi connectivity index (χ4v) is 3.43. The van der Waals surface area contributed by atoms with E-state index in [1.165, 1.54) is 49.4 Å². The number of aryl methyl sites for hydroxylation is 1. The lowest BCUT2D eigenvalue weighted by molar-refractivity contribution is 0.375. The van der Waals surface area contributed by atoms with Crippen molar-refractivity contribution in [2.24, 2.45) is 0 Å². The zero-order chi connectivity index (χ0) is 13.8. The average Bonchev–Trinajstić information content (AvgIpc) is 2.88. The van der Waals surface area contributed by atoms with Crippen LogP contribution in [0.4, 0.5) is 0 Å². The van der Waals surface area contributed by atoms with Gasteiger partial charge < -0.3 is 9.88 Å². The van der Waals surface area contributed by atoms with Crippen molar-refractivity contribution in [3.63, 3.8) is 0 Å². The molecule has 108 valence electrons. The quantitative estimate of drug-likeness (QED) is 0.802. The molecule has 2 nitrogen and oxygen atoms in total. The molecular formula is C18H26N2. The molecule has 1 aromatic heterocycles. The summed E-state index contributed by atoms with van der Waals surface area (Å²) in [6.45, 7) is 4.59. The Balaban J connectivity index is 1.91. The molecule has 1 aromatic carbocycles. The molecule has 0 saturated carbocycles. The number of hydrogen-bond acceptors (Lipinski definition) is 1. The topological polar surface area (TPSA) is 17.0 Å². The van der Waals surface area contributed by atoms with Crippen molar-refractivity contribution >= 4 is 10.9 Å². The highest BCUT2D eigenvalue weighted by Gasteiger charge is 2.18. The fourth-order valence-electron chi connectivity index (χ4n) is 3.43. The van der Waals surface area contributed by atoms with E-state index in [1.807, 2.05) is 0 Å². The standard InChI is InChI=1S/C18H26N2/c1-2-3-4-7-15-14-20(16-10-12-19-13-11-16)18-9-6-5-8-17(15)18/h5-6,8-9,14,16,19H,2-4,7,10-13H2,1H3.